The Labute approximate surface area is 124 Å². The van der Waals surface area contributed by atoms with Crippen molar-refractivity contribution >= 4 is 11.9 Å². The number of aromatic nitrogens is 1. The third-order valence-corrected chi connectivity index (χ3v) is 3.00. The van der Waals surface area contributed by atoms with Gasteiger partial charge in [0.1, 0.15) is 5.69 Å². The van der Waals surface area contributed by atoms with Crippen molar-refractivity contribution in [2.45, 2.75) is 40.7 Å². The van der Waals surface area contributed by atoms with Crippen LogP contribution in [0.1, 0.15) is 52.9 Å². The molecule has 1 atom stereocenters. The monoisotopic (exact) mass is 291 g/mol. The third-order valence-electron chi connectivity index (χ3n) is 3.00. The highest BCUT2D eigenvalue weighted by Crippen LogP contribution is 2.19. The van der Waals surface area contributed by atoms with Gasteiger partial charge < -0.3 is 15.0 Å². The van der Waals surface area contributed by atoms with E-state index in [4.69, 9.17) is 10.00 Å². The van der Waals surface area contributed by atoms with E-state index in [2.05, 4.69) is 10.3 Å². The first-order valence-corrected chi connectivity index (χ1v) is 6.85. The summed E-state index contributed by atoms with van der Waals surface area (Å²) in [6.45, 7) is 8.94. The Morgan fingerprint density at radius 2 is 1.95 bits per heavy atom. The van der Waals surface area contributed by atoms with Crippen molar-refractivity contribution in [3.8, 4) is 6.07 Å². The normalized spacial score (nSPS) is 11.9. The first-order valence-electron chi connectivity index (χ1n) is 6.85. The minimum Gasteiger partial charge on any atom is -0.459 e. The number of esters is 1. The van der Waals surface area contributed by atoms with Gasteiger partial charge in [0, 0.05) is 12.2 Å². The second-order valence-electron chi connectivity index (χ2n) is 5.32. The molecule has 1 rings (SSSR count). The Morgan fingerprint density at radius 1 is 1.33 bits per heavy atom. The number of aromatic amines is 1. The highest BCUT2D eigenvalue weighted by Gasteiger charge is 2.23. The standard InChI is InChI=1S/C15H21N3O3/c1-8(2)21-15(20)12-10(4)13(18-11(12)5)14(19)17-7-9(3)6-16/h8-9,18H,7H2,1-5H3,(H,17,19). The minimum atomic E-state index is -0.444. The molecule has 0 spiro atoms. The van der Waals surface area contributed by atoms with E-state index in [1.807, 2.05) is 6.07 Å². The number of hydrogen-bond acceptors (Lipinski definition) is 4. The molecule has 0 fully saturated rings. The van der Waals surface area contributed by atoms with Crippen LogP contribution >= 0.6 is 0 Å². The summed E-state index contributed by atoms with van der Waals surface area (Å²) < 4.78 is 5.17. The molecule has 1 amide bonds. The number of carbonyl (C=O) groups is 2. The zero-order chi connectivity index (χ0) is 16.2. The molecule has 1 heterocycles. The molecule has 2 N–H and O–H groups in total. The maximum atomic E-state index is 12.1. The van der Waals surface area contributed by atoms with Gasteiger partial charge in [-0.2, -0.15) is 5.26 Å². The number of amides is 1. The van der Waals surface area contributed by atoms with Crippen LogP contribution in [0.4, 0.5) is 0 Å². The first kappa shape index (κ1) is 16.8. The molecular weight excluding hydrogens is 270 g/mol. The van der Waals surface area contributed by atoms with E-state index in [0.717, 1.165) is 0 Å². The number of nitrogens with one attached hydrogen (secondary N) is 2. The largest absolute Gasteiger partial charge is 0.459 e. The lowest BCUT2D eigenvalue weighted by Crippen LogP contribution is -2.28. The van der Waals surface area contributed by atoms with Gasteiger partial charge in [0.05, 0.1) is 23.7 Å². The molecule has 114 valence electrons. The predicted molar refractivity (Wildman–Crippen MR) is 77.9 cm³/mol. The fourth-order valence-electron chi connectivity index (χ4n) is 1.94. The summed E-state index contributed by atoms with van der Waals surface area (Å²) in [6, 6.07) is 2.04. The van der Waals surface area contributed by atoms with Crippen molar-refractivity contribution in [2.75, 3.05) is 6.54 Å². The summed E-state index contributed by atoms with van der Waals surface area (Å²) in [4.78, 5) is 27.0. The molecule has 1 unspecified atom stereocenters. The van der Waals surface area contributed by atoms with Crippen LogP contribution in [0.15, 0.2) is 0 Å². The lowest BCUT2D eigenvalue weighted by Gasteiger charge is -2.08. The summed E-state index contributed by atoms with van der Waals surface area (Å²) in [5.41, 5.74) is 1.87. The number of hydrogen-bond donors (Lipinski definition) is 2. The van der Waals surface area contributed by atoms with E-state index < -0.39 is 5.97 Å². The van der Waals surface area contributed by atoms with Gasteiger partial charge in [0.25, 0.3) is 5.91 Å². The Morgan fingerprint density at radius 3 is 2.48 bits per heavy atom. The van der Waals surface area contributed by atoms with Gasteiger partial charge in [-0.3, -0.25) is 4.79 Å². The summed E-state index contributed by atoms with van der Waals surface area (Å²) in [5, 5.41) is 11.4. The van der Waals surface area contributed by atoms with Crippen LogP contribution in [-0.2, 0) is 4.74 Å². The quantitative estimate of drug-likeness (QED) is 0.812. The Balaban J connectivity index is 2.94. The zero-order valence-electron chi connectivity index (χ0n) is 13.0. The second-order valence-corrected chi connectivity index (χ2v) is 5.32. The SMILES string of the molecule is Cc1[nH]c(C(=O)NCC(C)C#N)c(C)c1C(=O)OC(C)C. The number of nitriles is 1. The number of aryl methyl sites for hydroxylation is 1. The van der Waals surface area contributed by atoms with Crippen LogP contribution in [0.5, 0.6) is 0 Å². The van der Waals surface area contributed by atoms with Gasteiger partial charge >= 0.3 is 5.97 Å². The lowest BCUT2D eigenvalue weighted by atomic mass is 10.1. The van der Waals surface area contributed by atoms with E-state index >= 15 is 0 Å². The van der Waals surface area contributed by atoms with Gasteiger partial charge in [0.15, 0.2) is 0 Å². The molecule has 6 heteroatoms. The fraction of sp³-hybridized carbons (Fsp3) is 0.533. The van der Waals surface area contributed by atoms with E-state index in [0.29, 0.717) is 22.5 Å². The van der Waals surface area contributed by atoms with Crippen LogP contribution < -0.4 is 5.32 Å². The summed E-state index contributed by atoms with van der Waals surface area (Å²) in [5.74, 6) is -1.04. The van der Waals surface area contributed by atoms with Gasteiger partial charge in [-0.25, -0.2) is 4.79 Å². The Bertz CT molecular complexity index is 582. The number of nitrogens with zero attached hydrogens (tertiary/aromatic N) is 1. The van der Waals surface area contributed by atoms with Gasteiger partial charge in [-0.05, 0) is 40.2 Å². The van der Waals surface area contributed by atoms with Crippen molar-refractivity contribution in [2.24, 2.45) is 5.92 Å². The smallest absolute Gasteiger partial charge is 0.340 e. The number of H-pyrrole nitrogens is 1. The molecule has 1 aromatic rings. The van der Waals surface area contributed by atoms with E-state index in [9.17, 15) is 9.59 Å². The molecule has 0 aliphatic heterocycles. The molecule has 0 aliphatic carbocycles. The molecule has 21 heavy (non-hydrogen) atoms. The van der Waals surface area contributed by atoms with Crippen LogP contribution in [0.25, 0.3) is 0 Å². The Hall–Kier alpha value is -2.29. The molecule has 0 bridgehead atoms. The molecule has 0 aliphatic rings. The van der Waals surface area contributed by atoms with Crippen LogP contribution in [0.2, 0.25) is 0 Å². The minimum absolute atomic E-state index is 0.222. The average molecular weight is 291 g/mol. The van der Waals surface area contributed by atoms with Crippen molar-refractivity contribution in [1.29, 1.82) is 5.26 Å². The topological polar surface area (TPSA) is 95.0 Å². The molecule has 0 aromatic carbocycles. The summed E-state index contributed by atoms with van der Waals surface area (Å²) in [6.07, 6.45) is -0.222. The first-order chi connectivity index (χ1) is 9.77. The van der Waals surface area contributed by atoms with Crippen molar-refractivity contribution in [1.82, 2.24) is 10.3 Å². The van der Waals surface area contributed by atoms with E-state index in [-0.39, 0.29) is 24.5 Å². The molecule has 0 radical (unpaired) electrons. The average Bonchev–Trinajstić information content (AvgIpc) is 2.70. The molecule has 0 saturated carbocycles. The van der Waals surface area contributed by atoms with Gasteiger partial charge in [-0.15, -0.1) is 0 Å². The maximum absolute atomic E-state index is 12.1. The zero-order valence-corrected chi connectivity index (χ0v) is 13.0. The van der Waals surface area contributed by atoms with E-state index in [1.54, 1.807) is 34.6 Å². The van der Waals surface area contributed by atoms with E-state index in [1.165, 1.54) is 0 Å². The van der Waals surface area contributed by atoms with Gasteiger partial charge in [0.2, 0.25) is 0 Å². The number of rotatable bonds is 5. The summed E-state index contributed by atoms with van der Waals surface area (Å²) in [7, 11) is 0. The molecule has 6 nitrogen and oxygen atoms in total. The molecular formula is C15H21N3O3. The van der Waals surface area contributed by atoms with Crippen LogP contribution in [0, 0.1) is 31.1 Å². The maximum Gasteiger partial charge on any atom is 0.340 e. The number of carbonyl (C=O) groups excluding carboxylic acids is 2. The third kappa shape index (κ3) is 4.09. The van der Waals surface area contributed by atoms with Crippen LogP contribution in [0.3, 0.4) is 0 Å². The highest BCUT2D eigenvalue weighted by atomic mass is 16.5. The Kier molecular flexibility index (Phi) is 5.53. The fourth-order valence-corrected chi connectivity index (χ4v) is 1.94. The second kappa shape index (κ2) is 6.93. The summed E-state index contributed by atoms with van der Waals surface area (Å²) >= 11 is 0. The van der Waals surface area contributed by atoms with Crippen LogP contribution in [-0.4, -0.2) is 29.5 Å². The predicted octanol–water partition coefficient (Wildman–Crippen LogP) is 2.09. The van der Waals surface area contributed by atoms with Crippen molar-refractivity contribution in [3.63, 3.8) is 0 Å². The lowest BCUT2D eigenvalue weighted by molar-refractivity contribution is 0.0376. The van der Waals surface area contributed by atoms with Crippen molar-refractivity contribution < 1.29 is 14.3 Å². The van der Waals surface area contributed by atoms with Crippen molar-refractivity contribution in [3.05, 3.63) is 22.5 Å². The molecule has 0 saturated heterocycles. The highest BCUT2D eigenvalue weighted by molar-refractivity contribution is 6.00. The molecule has 1 aromatic heterocycles. The number of ether oxygens (including phenoxy) is 1. The van der Waals surface area contributed by atoms with Gasteiger partial charge in [-0.1, -0.05) is 0 Å².